The highest BCUT2D eigenvalue weighted by molar-refractivity contribution is 5.74. The summed E-state index contributed by atoms with van der Waals surface area (Å²) in [4.78, 5) is 8.96. The van der Waals surface area contributed by atoms with Gasteiger partial charge in [0, 0.05) is 12.7 Å². The second-order valence-corrected chi connectivity index (χ2v) is 5.96. The average molecular weight is 258 g/mol. The van der Waals surface area contributed by atoms with Gasteiger partial charge in [-0.3, -0.25) is 4.57 Å². The molecule has 2 N–H and O–H groups in total. The van der Waals surface area contributed by atoms with Crippen LogP contribution in [0.15, 0.2) is 12.3 Å². The van der Waals surface area contributed by atoms with Crippen molar-refractivity contribution in [2.75, 3.05) is 5.73 Å². The largest absolute Gasteiger partial charge is 0.369 e. The molecule has 2 aromatic heterocycles. The summed E-state index contributed by atoms with van der Waals surface area (Å²) >= 11 is 0. The minimum Gasteiger partial charge on any atom is -0.369 e. The normalized spacial score (nSPS) is 23.9. The summed E-state index contributed by atoms with van der Waals surface area (Å²) in [6.45, 7) is 5.35. The number of hydrogen-bond acceptors (Lipinski definition) is 3. The summed E-state index contributed by atoms with van der Waals surface area (Å²) in [5, 5.41) is 0. The summed E-state index contributed by atoms with van der Waals surface area (Å²) in [7, 11) is 0. The standard InChI is InChI=1S/C15H22N4/c1-10-7-13-14(17-8-10)19(15(16)18-13)9-12-6-4-3-5-11(12)2/h7-8,11-12H,3-6,9H2,1-2H3,(H2,16,18). The van der Waals surface area contributed by atoms with E-state index in [0.29, 0.717) is 11.9 Å². The molecular formula is C15H22N4. The van der Waals surface area contributed by atoms with Gasteiger partial charge in [-0.05, 0) is 36.8 Å². The molecular weight excluding hydrogens is 236 g/mol. The zero-order valence-electron chi connectivity index (χ0n) is 11.8. The lowest BCUT2D eigenvalue weighted by Crippen LogP contribution is -2.22. The van der Waals surface area contributed by atoms with Gasteiger partial charge in [-0.15, -0.1) is 0 Å². The summed E-state index contributed by atoms with van der Waals surface area (Å²) in [5.41, 5.74) is 9.05. The van der Waals surface area contributed by atoms with Crippen LogP contribution in [0, 0.1) is 18.8 Å². The van der Waals surface area contributed by atoms with Gasteiger partial charge in [0.15, 0.2) is 5.65 Å². The first kappa shape index (κ1) is 12.5. The number of rotatable bonds is 2. The van der Waals surface area contributed by atoms with E-state index in [1.54, 1.807) is 0 Å². The Hall–Kier alpha value is -1.58. The molecule has 0 spiro atoms. The van der Waals surface area contributed by atoms with E-state index in [1.807, 2.05) is 13.1 Å². The zero-order chi connectivity index (χ0) is 13.4. The number of nitrogen functional groups attached to an aromatic ring is 1. The molecule has 0 bridgehead atoms. The van der Waals surface area contributed by atoms with Crippen LogP contribution < -0.4 is 5.73 Å². The Balaban J connectivity index is 1.93. The van der Waals surface area contributed by atoms with Crippen LogP contribution in [-0.4, -0.2) is 14.5 Å². The molecule has 3 rings (SSSR count). The monoisotopic (exact) mass is 258 g/mol. The van der Waals surface area contributed by atoms with E-state index >= 15 is 0 Å². The molecule has 1 saturated carbocycles. The van der Waals surface area contributed by atoms with Crippen molar-refractivity contribution in [3.63, 3.8) is 0 Å². The van der Waals surface area contributed by atoms with Gasteiger partial charge in [0.25, 0.3) is 0 Å². The average Bonchev–Trinajstić information content (AvgIpc) is 2.68. The predicted octanol–water partition coefficient (Wildman–Crippen LogP) is 3.15. The van der Waals surface area contributed by atoms with E-state index in [1.165, 1.54) is 25.7 Å². The topological polar surface area (TPSA) is 56.7 Å². The number of hydrogen-bond donors (Lipinski definition) is 1. The van der Waals surface area contributed by atoms with Crippen molar-refractivity contribution >= 4 is 17.1 Å². The molecule has 0 saturated heterocycles. The molecule has 1 aliphatic rings. The van der Waals surface area contributed by atoms with E-state index in [4.69, 9.17) is 5.73 Å². The van der Waals surface area contributed by atoms with Crippen molar-refractivity contribution in [1.29, 1.82) is 0 Å². The lowest BCUT2D eigenvalue weighted by atomic mass is 9.80. The summed E-state index contributed by atoms with van der Waals surface area (Å²) < 4.78 is 2.10. The number of nitrogens with two attached hydrogens (primary N) is 1. The van der Waals surface area contributed by atoms with Gasteiger partial charge >= 0.3 is 0 Å². The van der Waals surface area contributed by atoms with E-state index < -0.39 is 0 Å². The van der Waals surface area contributed by atoms with Crippen LogP contribution in [0.5, 0.6) is 0 Å². The van der Waals surface area contributed by atoms with Gasteiger partial charge in [-0.2, -0.15) is 0 Å². The fourth-order valence-corrected chi connectivity index (χ4v) is 3.21. The van der Waals surface area contributed by atoms with Crippen LogP contribution >= 0.6 is 0 Å². The zero-order valence-corrected chi connectivity index (χ0v) is 11.8. The van der Waals surface area contributed by atoms with Gasteiger partial charge in [0.1, 0.15) is 5.52 Å². The molecule has 0 radical (unpaired) electrons. The van der Waals surface area contributed by atoms with Gasteiger partial charge < -0.3 is 5.73 Å². The first-order chi connectivity index (χ1) is 9.15. The van der Waals surface area contributed by atoms with Gasteiger partial charge in [-0.1, -0.05) is 26.2 Å². The highest BCUT2D eigenvalue weighted by atomic mass is 15.2. The molecule has 2 heterocycles. The van der Waals surface area contributed by atoms with Crippen LogP contribution in [0.3, 0.4) is 0 Å². The Morgan fingerprint density at radius 1 is 1.37 bits per heavy atom. The second kappa shape index (κ2) is 4.83. The Labute approximate surface area is 114 Å². The van der Waals surface area contributed by atoms with E-state index in [9.17, 15) is 0 Å². The third kappa shape index (κ3) is 2.31. The van der Waals surface area contributed by atoms with Gasteiger partial charge in [-0.25, -0.2) is 9.97 Å². The maximum absolute atomic E-state index is 6.08. The molecule has 2 aromatic rings. The fourth-order valence-electron chi connectivity index (χ4n) is 3.21. The molecule has 2 unspecified atom stereocenters. The van der Waals surface area contributed by atoms with Gasteiger partial charge in [0.2, 0.25) is 5.95 Å². The van der Waals surface area contributed by atoms with E-state index in [0.717, 1.165) is 29.2 Å². The van der Waals surface area contributed by atoms with E-state index in [-0.39, 0.29) is 0 Å². The highest BCUT2D eigenvalue weighted by Gasteiger charge is 2.23. The van der Waals surface area contributed by atoms with Crippen molar-refractivity contribution in [3.05, 3.63) is 17.8 Å². The Morgan fingerprint density at radius 3 is 2.95 bits per heavy atom. The minimum absolute atomic E-state index is 0.603. The first-order valence-electron chi connectivity index (χ1n) is 7.23. The summed E-state index contributed by atoms with van der Waals surface area (Å²) in [6.07, 6.45) is 7.24. The fraction of sp³-hybridized carbons (Fsp3) is 0.600. The Bertz CT molecular complexity index is 587. The van der Waals surface area contributed by atoms with Crippen LogP contribution in [0.1, 0.15) is 38.2 Å². The Kier molecular flexibility index (Phi) is 3.17. The van der Waals surface area contributed by atoms with Crippen LogP contribution in [-0.2, 0) is 6.54 Å². The van der Waals surface area contributed by atoms with Crippen LogP contribution in [0.4, 0.5) is 5.95 Å². The third-order valence-electron chi connectivity index (χ3n) is 4.46. The second-order valence-electron chi connectivity index (χ2n) is 5.96. The van der Waals surface area contributed by atoms with Crippen LogP contribution in [0.25, 0.3) is 11.2 Å². The highest BCUT2D eigenvalue weighted by Crippen LogP contribution is 2.32. The number of nitrogens with zero attached hydrogens (tertiary/aromatic N) is 3. The smallest absolute Gasteiger partial charge is 0.202 e. The van der Waals surface area contributed by atoms with Crippen molar-refractivity contribution in [3.8, 4) is 0 Å². The van der Waals surface area contributed by atoms with Gasteiger partial charge in [0.05, 0.1) is 0 Å². The number of imidazole rings is 1. The molecule has 102 valence electrons. The predicted molar refractivity (Wildman–Crippen MR) is 77.8 cm³/mol. The molecule has 19 heavy (non-hydrogen) atoms. The number of aryl methyl sites for hydroxylation is 1. The summed E-state index contributed by atoms with van der Waals surface area (Å²) in [6, 6.07) is 2.06. The quantitative estimate of drug-likeness (QED) is 0.900. The van der Waals surface area contributed by atoms with Crippen molar-refractivity contribution in [2.24, 2.45) is 11.8 Å². The third-order valence-corrected chi connectivity index (χ3v) is 4.46. The first-order valence-corrected chi connectivity index (χ1v) is 7.23. The lowest BCUT2D eigenvalue weighted by molar-refractivity contribution is 0.231. The molecule has 0 aromatic carbocycles. The molecule has 0 amide bonds. The van der Waals surface area contributed by atoms with Crippen molar-refractivity contribution in [2.45, 2.75) is 46.1 Å². The number of anilines is 1. The molecule has 1 aliphatic carbocycles. The van der Waals surface area contributed by atoms with Crippen molar-refractivity contribution in [1.82, 2.24) is 14.5 Å². The van der Waals surface area contributed by atoms with E-state index in [2.05, 4.69) is 27.5 Å². The lowest BCUT2D eigenvalue weighted by Gasteiger charge is -2.29. The molecule has 4 nitrogen and oxygen atoms in total. The molecule has 1 fully saturated rings. The van der Waals surface area contributed by atoms with Crippen molar-refractivity contribution < 1.29 is 0 Å². The number of fused-ring (bicyclic) bond motifs is 1. The number of pyridine rings is 1. The van der Waals surface area contributed by atoms with Crippen LogP contribution in [0.2, 0.25) is 0 Å². The summed E-state index contributed by atoms with van der Waals surface area (Å²) in [5.74, 6) is 2.08. The Morgan fingerprint density at radius 2 is 2.16 bits per heavy atom. The molecule has 2 atom stereocenters. The molecule has 4 heteroatoms. The SMILES string of the molecule is Cc1cnc2c(c1)nc(N)n2CC1CCCCC1C. The molecule has 0 aliphatic heterocycles. The number of aromatic nitrogens is 3. The maximum atomic E-state index is 6.08. The maximum Gasteiger partial charge on any atom is 0.202 e. The minimum atomic E-state index is 0.603.